The summed E-state index contributed by atoms with van der Waals surface area (Å²) in [5, 5.41) is 55.8. The molecule has 1 aliphatic carbocycles. The van der Waals surface area contributed by atoms with Gasteiger partial charge in [0.25, 0.3) is 0 Å². The van der Waals surface area contributed by atoms with Crippen molar-refractivity contribution in [2.75, 3.05) is 34.9 Å². The molecule has 0 aromatic rings. The molecule has 404 valence electrons. The Labute approximate surface area is 416 Å². The number of aliphatic hydroxyl groups excluding tert-OH is 4. The summed E-state index contributed by atoms with van der Waals surface area (Å²) in [5.74, 6) is -3.59. The van der Waals surface area contributed by atoms with Gasteiger partial charge in [-0.05, 0) is 73.5 Å². The Morgan fingerprint density at radius 3 is 1.97 bits per heavy atom. The van der Waals surface area contributed by atoms with Crippen LogP contribution in [0, 0.1) is 23.7 Å². The van der Waals surface area contributed by atoms with Gasteiger partial charge in [0.1, 0.15) is 49.0 Å². The van der Waals surface area contributed by atoms with E-state index in [4.69, 9.17) is 42.6 Å². The van der Waals surface area contributed by atoms with E-state index in [9.17, 15) is 39.9 Å². The molecule has 5 N–H and O–H groups in total. The molecule has 21 atom stereocenters. The number of carbonyl (C=O) groups is 3. The van der Waals surface area contributed by atoms with Crippen molar-refractivity contribution in [1.82, 2.24) is 4.90 Å². The molecular formula is C52H89NO17. The minimum Gasteiger partial charge on any atom is -0.462 e. The van der Waals surface area contributed by atoms with Gasteiger partial charge in [0, 0.05) is 44.8 Å². The molecule has 0 spiro atoms. The van der Waals surface area contributed by atoms with E-state index in [-0.39, 0.29) is 31.7 Å². The highest BCUT2D eigenvalue weighted by Gasteiger charge is 2.52. The van der Waals surface area contributed by atoms with Gasteiger partial charge in [-0.1, -0.05) is 77.0 Å². The van der Waals surface area contributed by atoms with Crippen LogP contribution >= 0.6 is 0 Å². The Hall–Kier alpha value is -2.27. The van der Waals surface area contributed by atoms with Gasteiger partial charge in [0.15, 0.2) is 24.7 Å². The monoisotopic (exact) mass is 1000 g/mol. The number of carbonyl (C=O) groups excluding carboxylic acids is 3. The molecular weight excluding hydrogens is 911 g/mol. The van der Waals surface area contributed by atoms with Crippen LogP contribution in [-0.2, 0) is 57.0 Å². The number of hydrogen-bond donors (Lipinski definition) is 5. The standard InChI is InChI=1S/C46H77NO17.C6H12/c1-13-33-30(22-58-45-42(57-12)41(56-11)37(52)26(5)60-45)18-23(2)14-15-31(49)24(3)19-29(16-17-48)39(25(4)32(50)20-34(51)62-33)64-44-38(53)36(47(9)10)40(27(6)61-44)63-35-21-46(8,55)43(54)28(7)59-35;1-2-4-6-5-3-1/h14-15,17-18,24-30,32-33,35-45,50,52-55H,13,16,19-22H2,1-12H3;1-6H2/b15-14+,23-18+;. The lowest BCUT2D eigenvalue weighted by atomic mass is 9.79. The highest BCUT2D eigenvalue weighted by atomic mass is 16.7. The van der Waals surface area contributed by atoms with E-state index < -0.39 is 140 Å². The maximum atomic E-state index is 13.8. The summed E-state index contributed by atoms with van der Waals surface area (Å²) < 4.78 is 54.7. The maximum absolute atomic E-state index is 13.8. The van der Waals surface area contributed by atoms with Crippen LogP contribution in [0.25, 0.3) is 0 Å². The summed E-state index contributed by atoms with van der Waals surface area (Å²) in [6.45, 7) is 13.6. The molecule has 0 bridgehead atoms. The lowest BCUT2D eigenvalue weighted by Crippen LogP contribution is -2.65. The second kappa shape index (κ2) is 28.4. The van der Waals surface area contributed by atoms with Gasteiger partial charge in [-0.3, -0.25) is 9.59 Å². The number of cyclic esters (lactones) is 1. The third kappa shape index (κ3) is 16.4. The molecule has 5 aliphatic rings. The highest BCUT2D eigenvalue weighted by Crippen LogP contribution is 2.38. The van der Waals surface area contributed by atoms with Crippen molar-refractivity contribution in [2.45, 2.75) is 230 Å². The van der Waals surface area contributed by atoms with E-state index in [0.717, 1.165) is 6.29 Å². The summed E-state index contributed by atoms with van der Waals surface area (Å²) in [5.41, 5.74) is -0.806. The lowest BCUT2D eigenvalue weighted by Gasteiger charge is -2.50. The van der Waals surface area contributed by atoms with E-state index in [0.29, 0.717) is 12.0 Å². The fraction of sp³-hybridized carbons (Fsp3) is 0.865. The molecule has 70 heavy (non-hydrogen) atoms. The molecule has 0 aromatic heterocycles. The molecule has 18 nitrogen and oxygen atoms in total. The Kier molecular flexibility index (Phi) is 24.5. The summed E-state index contributed by atoms with van der Waals surface area (Å²) >= 11 is 0. The number of hydrogen-bond acceptors (Lipinski definition) is 18. The maximum Gasteiger partial charge on any atom is 0.308 e. The van der Waals surface area contributed by atoms with E-state index in [1.54, 1.807) is 59.7 Å². The molecule has 3 saturated heterocycles. The molecule has 4 aliphatic heterocycles. The number of methoxy groups -OCH3 is 2. The zero-order valence-electron chi connectivity index (χ0n) is 43.9. The van der Waals surface area contributed by atoms with E-state index >= 15 is 0 Å². The van der Waals surface area contributed by atoms with Gasteiger partial charge in [-0.25, -0.2) is 0 Å². The lowest BCUT2D eigenvalue weighted by molar-refractivity contribution is -0.341. The quantitative estimate of drug-likeness (QED) is 0.129. The van der Waals surface area contributed by atoms with Gasteiger partial charge in [-0.2, -0.15) is 0 Å². The number of ether oxygens (including phenoxy) is 9. The Balaban J connectivity index is 0.00000164. The molecule has 5 rings (SSSR count). The van der Waals surface area contributed by atoms with Crippen LogP contribution in [0.3, 0.4) is 0 Å². The average Bonchev–Trinajstić information content (AvgIpc) is 3.31. The minimum atomic E-state index is -1.49. The number of likely N-dealkylation sites (N-methyl/N-ethyl adjacent to an activating group) is 1. The predicted molar refractivity (Wildman–Crippen MR) is 258 cm³/mol. The fourth-order valence-electron chi connectivity index (χ4n) is 10.6. The summed E-state index contributed by atoms with van der Waals surface area (Å²) in [6.07, 6.45) is 0.512. The third-order valence-electron chi connectivity index (χ3n) is 14.9. The molecule has 21 unspecified atom stereocenters. The second-order valence-corrected chi connectivity index (χ2v) is 20.9. The largest absolute Gasteiger partial charge is 0.462 e. The first-order valence-electron chi connectivity index (χ1n) is 25.7. The van der Waals surface area contributed by atoms with Crippen LogP contribution in [0.2, 0.25) is 0 Å². The first-order chi connectivity index (χ1) is 33.1. The average molecular weight is 1000 g/mol. The first kappa shape index (κ1) is 60.3. The smallest absolute Gasteiger partial charge is 0.308 e. The van der Waals surface area contributed by atoms with Crippen molar-refractivity contribution >= 4 is 18.0 Å². The van der Waals surface area contributed by atoms with Crippen molar-refractivity contribution in [3.05, 3.63) is 23.8 Å². The zero-order chi connectivity index (χ0) is 52.0. The van der Waals surface area contributed by atoms with Gasteiger partial charge in [0.2, 0.25) is 0 Å². The molecule has 18 heteroatoms. The van der Waals surface area contributed by atoms with Crippen molar-refractivity contribution < 1.29 is 82.5 Å². The predicted octanol–water partition coefficient (Wildman–Crippen LogP) is 4.17. The van der Waals surface area contributed by atoms with Crippen molar-refractivity contribution in [3.63, 3.8) is 0 Å². The number of nitrogens with zero attached hydrogens (tertiary/aromatic N) is 1. The van der Waals surface area contributed by atoms with Gasteiger partial charge < -0.3 is 77.9 Å². The van der Waals surface area contributed by atoms with E-state index in [1.807, 2.05) is 19.9 Å². The van der Waals surface area contributed by atoms with Crippen molar-refractivity contribution in [1.29, 1.82) is 0 Å². The summed E-state index contributed by atoms with van der Waals surface area (Å²) in [6, 6.07) is -0.748. The van der Waals surface area contributed by atoms with Crippen LogP contribution in [0.15, 0.2) is 23.8 Å². The van der Waals surface area contributed by atoms with Gasteiger partial charge in [-0.15, -0.1) is 0 Å². The third-order valence-corrected chi connectivity index (χ3v) is 14.9. The molecule has 4 fully saturated rings. The number of rotatable bonds is 13. The van der Waals surface area contributed by atoms with Crippen LogP contribution in [-0.4, -0.2) is 187 Å². The Morgan fingerprint density at radius 2 is 1.41 bits per heavy atom. The molecule has 0 radical (unpaired) electrons. The molecule has 0 amide bonds. The Bertz CT molecular complexity index is 1650. The number of aldehydes is 1. The minimum absolute atomic E-state index is 0.00788. The first-order valence-corrected chi connectivity index (χ1v) is 25.7. The molecule has 4 heterocycles. The van der Waals surface area contributed by atoms with Gasteiger partial charge in [0.05, 0.1) is 55.2 Å². The van der Waals surface area contributed by atoms with Crippen LogP contribution in [0.1, 0.15) is 126 Å². The van der Waals surface area contributed by atoms with Crippen molar-refractivity contribution in [2.24, 2.45) is 23.7 Å². The summed E-state index contributed by atoms with van der Waals surface area (Å²) in [4.78, 5) is 41.5. The molecule has 1 saturated carbocycles. The highest BCUT2D eigenvalue weighted by molar-refractivity contribution is 5.91. The number of esters is 1. The Morgan fingerprint density at radius 1 is 0.800 bits per heavy atom. The van der Waals surface area contributed by atoms with E-state index in [1.165, 1.54) is 65.7 Å². The van der Waals surface area contributed by atoms with E-state index in [2.05, 4.69) is 0 Å². The van der Waals surface area contributed by atoms with Crippen LogP contribution in [0.4, 0.5) is 0 Å². The molecule has 0 aromatic carbocycles. The SMILES string of the molecule is C1CCCCC1.CCC1OC(=O)CC(O)C(C)C(OC2OC(C)C(OC3CC(C)(O)C(O)C(C)O3)C(N(C)C)C2O)C(CC=O)CC(C)C(=O)/C=C/C(C)=C/C1COC1OC(C)C(O)C(OC)C1OC. The van der Waals surface area contributed by atoms with Crippen LogP contribution in [0.5, 0.6) is 0 Å². The normalized spacial score (nSPS) is 44.1. The topological polar surface area (TPSA) is 239 Å². The summed E-state index contributed by atoms with van der Waals surface area (Å²) in [7, 11) is 6.43. The number of aliphatic hydroxyl groups is 5. The fourth-order valence-corrected chi connectivity index (χ4v) is 10.6. The van der Waals surface area contributed by atoms with Crippen molar-refractivity contribution in [3.8, 4) is 0 Å². The number of allylic oxidation sites excluding steroid dienone is 3. The van der Waals surface area contributed by atoms with Gasteiger partial charge >= 0.3 is 5.97 Å². The second-order valence-electron chi connectivity index (χ2n) is 20.9. The zero-order valence-corrected chi connectivity index (χ0v) is 43.9. The number of ketones is 1. The van der Waals surface area contributed by atoms with Crippen LogP contribution < -0.4 is 0 Å².